The summed E-state index contributed by atoms with van der Waals surface area (Å²) >= 11 is 0. The third kappa shape index (κ3) is 5.49. The molecule has 0 radical (unpaired) electrons. The molecule has 0 atom stereocenters. The molecule has 1 heterocycles. The highest BCUT2D eigenvalue weighted by Crippen LogP contribution is 2.36. The Hall–Kier alpha value is -2.50. The molecular formula is C21H31N5O. The highest BCUT2D eigenvalue weighted by atomic mass is 16.1. The Kier molecular flexibility index (Phi) is 6.88. The highest BCUT2D eigenvalue weighted by molar-refractivity contribution is 5.98. The van der Waals surface area contributed by atoms with Gasteiger partial charge in [-0.3, -0.25) is 4.79 Å². The zero-order chi connectivity index (χ0) is 20.0. The molecule has 1 saturated carbocycles. The Morgan fingerprint density at radius 2 is 2.04 bits per heavy atom. The molecule has 1 fully saturated rings. The number of hydrogen-bond donors (Lipinski definition) is 2. The van der Waals surface area contributed by atoms with Crippen molar-refractivity contribution in [3.05, 3.63) is 46.3 Å². The Morgan fingerprint density at radius 3 is 2.56 bits per heavy atom. The van der Waals surface area contributed by atoms with Crippen LogP contribution in [-0.2, 0) is 17.8 Å². The summed E-state index contributed by atoms with van der Waals surface area (Å²) in [5.74, 6) is 1.37. The number of rotatable bonds is 9. The fourth-order valence-corrected chi connectivity index (χ4v) is 2.91. The van der Waals surface area contributed by atoms with Gasteiger partial charge in [-0.05, 0) is 52.8 Å². The minimum absolute atomic E-state index is 0.0672. The lowest BCUT2D eigenvalue weighted by atomic mass is 9.97. The molecule has 146 valence electrons. The van der Waals surface area contributed by atoms with Crippen molar-refractivity contribution in [2.24, 2.45) is 4.99 Å². The fourth-order valence-electron chi connectivity index (χ4n) is 2.91. The van der Waals surface area contributed by atoms with Crippen molar-refractivity contribution in [3.63, 3.8) is 0 Å². The molecule has 1 aliphatic rings. The van der Waals surface area contributed by atoms with Crippen LogP contribution in [0.25, 0.3) is 0 Å². The van der Waals surface area contributed by atoms with Crippen LogP contribution in [-0.4, -0.2) is 28.1 Å². The molecule has 1 aliphatic carbocycles. The summed E-state index contributed by atoms with van der Waals surface area (Å²) in [6.07, 6.45) is 5.40. The Labute approximate surface area is 162 Å². The van der Waals surface area contributed by atoms with Crippen LogP contribution in [0.5, 0.6) is 0 Å². The second-order valence-electron chi connectivity index (χ2n) is 7.40. The van der Waals surface area contributed by atoms with Crippen LogP contribution in [0.15, 0.2) is 39.8 Å². The quantitative estimate of drug-likeness (QED) is 0.397. The van der Waals surface area contributed by atoms with E-state index in [2.05, 4.69) is 39.2 Å². The van der Waals surface area contributed by atoms with E-state index in [-0.39, 0.29) is 11.4 Å². The molecule has 2 N–H and O–H groups in total. The van der Waals surface area contributed by atoms with Crippen molar-refractivity contribution in [2.45, 2.75) is 72.4 Å². The number of aryl methyl sites for hydroxylation is 1. The van der Waals surface area contributed by atoms with Gasteiger partial charge in [0.05, 0.1) is 12.2 Å². The molecule has 1 aromatic rings. The second-order valence-corrected chi connectivity index (χ2v) is 7.40. The fraction of sp³-hybridized carbons (Fsp3) is 0.524. The van der Waals surface area contributed by atoms with E-state index in [1.807, 2.05) is 33.8 Å². The first-order valence-corrected chi connectivity index (χ1v) is 9.58. The number of nitrogens with zero attached hydrogens (tertiary/aromatic N) is 3. The number of nitrogens with one attached hydrogen (secondary N) is 2. The van der Waals surface area contributed by atoms with Gasteiger partial charge in [0.25, 0.3) is 5.91 Å². The van der Waals surface area contributed by atoms with Crippen molar-refractivity contribution in [1.29, 1.82) is 0 Å². The van der Waals surface area contributed by atoms with Crippen molar-refractivity contribution >= 4 is 12.6 Å². The van der Waals surface area contributed by atoms with Gasteiger partial charge in [-0.15, -0.1) is 0 Å². The second kappa shape index (κ2) is 8.93. The van der Waals surface area contributed by atoms with Gasteiger partial charge < -0.3 is 10.6 Å². The number of hydrogen-bond acceptors (Lipinski definition) is 5. The molecule has 6 nitrogen and oxygen atoms in total. The third-order valence-electron chi connectivity index (χ3n) is 4.76. The van der Waals surface area contributed by atoms with Crippen molar-refractivity contribution in [1.82, 2.24) is 20.6 Å². The largest absolute Gasteiger partial charge is 0.365 e. The summed E-state index contributed by atoms with van der Waals surface area (Å²) < 4.78 is 0. The van der Waals surface area contributed by atoms with Crippen LogP contribution in [0.4, 0.5) is 0 Å². The highest BCUT2D eigenvalue weighted by Gasteiger charge is 2.38. The van der Waals surface area contributed by atoms with Crippen molar-refractivity contribution < 1.29 is 4.79 Å². The summed E-state index contributed by atoms with van der Waals surface area (Å²) in [5, 5.41) is 6.46. The molecule has 0 bridgehead atoms. The van der Waals surface area contributed by atoms with Crippen molar-refractivity contribution in [3.8, 4) is 0 Å². The van der Waals surface area contributed by atoms with Crippen LogP contribution in [0.2, 0.25) is 0 Å². The maximum Gasteiger partial charge on any atom is 0.251 e. The van der Waals surface area contributed by atoms with Crippen LogP contribution in [0.1, 0.15) is 65.4 Å². The SMILES string of the molecule is C=N/C(NC1(C)CC1)=C(\CC)C(C(=O)NCc1ccnc(CC)n1)=C(C)C. The molecule has 2 rings (SSSR count). The zero-order valence-electron chi connectivity index (χ0n) is 17.1. The monoisotopic (exact) mass is 369 g/mol. The van der Waals surface area contributed by atoms with Crippen LogP contribution in [0.3, 0.4) is 0 Å². The van der Waals surface area contributed by atoms with Gasteiger partial charge in [0.1, 0.15) is 11.6 Å². The van der Waals surface area contributed by atoms with E-state index >= 15 is 0 Å². The molecule has 0 aromatic carbocycles. The van der Waals surface area contributed by atoms with Crippen LogP contribution in [0, 0.1) is 0 Å². The first-order chi connectivity index (χ1) is 12.8. The van der Waals surface area contributed by atoms with Gasteiger partial charge in [0.15, 0.2) is 0 Å². The molecular weight excluding hydrogens is 338 g/mol. The van der Waals surface area contributed by atoms with E-state index < -0.39 is 0 Å². The lowest BCUT2D eigenvalue weighted by molar-refractivity contribution is -0.117. The van der Waals surface area contributed by atoms with Gasteiger partial charge in [-0.2, -0.15) is 0 Å². The number of carbonyl (C=O) groups is 1. The van der Waals surface area contributed by atoms with Gasteiger partial charge in [0.2, 0.25) is 0 Å². The summed E-state index contributed by atoms with van der Waals surface area (Å²) in [7, 11) is 0. The lowest BCUT2D eigenvalue weighted by Gasteiger charge is -2.20. The maximum atomic E-state index is 13.0. The third-order valence-corrected chi connectivity index (χ3v) is 4.76. The van der Waals surface area contributed by atoms with E-state index in [4.69, 9.17) is 0 Å². The van der Waals surface area contributed by atoms with Gasteiger partial charge in [0, 0.05) is 29.3 Å². The maximum absolute atomic E-state index is 13.0. The predicted molar refractivity (Wildman–Crippen MR) is 109 cm³/mol. The average Bonchev–Trinajstić information content (AvgIpc) is 3.39. The first kappa shape index (κ1) is 20.8. The molecule has 27 heavy (non-hydrogen) atoms. The molecule has 0 spiro atoms. The summed E-state index contributed by atoms with van der Waals surface area (Å²) in [5.41, 5.74) is 3.38. The van der Waals surface area contributed by atoms with E-state index in [9.17, 15) is 4.79 Å². The van der Waals surface area contributed by atoms with Gasteiger partial charge in [-0.25, -0.2) is 15.0 Å². The zero-order valence-corrected chi connectivity index (χ0v) is 17.1. The van der Waals surface area contributed by atoms with Gasteiger partial charge in [-0.1, -0.05) is 19.4 Å². The summed E-state index contributed by atoms with van der Waals surface area (Å²) in [6, 6.07) is 1.82. The molecule has 1 aromatic heterocycles. The van der Waals surface area contributed by atoms with E-state index in [1.54, 1.807) is 6.20 Å². The summed E-state index contributed by atoms with van der Waals surface area (Å²) in [6.45, 7) is 14.2. The molecule has 0 unspecified atom stereocenters. The normalized spacial score (nSPS) is 15.4. The minimum Gasteiger partial charge on any atom is -0.365 e. The molecule has 0 aliphatic heterocycles. The van der Waals surface area contributed by atoms with Crippen LogP contribution >= 0.6 is 0 Å². The summed E-state index contributed by atoms with van der Waals surface area (Å²) in [4.78, 5) is 25.8. The van der Waals surface area contributed by atoms with E-state index in [0.717, 1.165) is 41.9 Å². The standard InChI is InChI=1S/C21H31N5O/c1-7-16(19(22-6)26-21(5)10-11-21)18(14(3)4)20(27)24-13-15-9-12-23-17(8-2)25-15/h9,12,26H,6-8,10-11,13H2,1-5H3,(H,24,27)/b19-16-. The average molecular weight is 370 g/mol. The number of aromatic nitrogens is 2. The Morgan fingerprint density at radius 1 is 1.33 bits per heavy atom. The smallest absolute Gasteiger partial charge is 0.251 e. The number of amides is 1. The predicted octanol–water partition coefficient (Wildman–Crippen LogP) is 3.46. The lowest BCUT2D eigenvalue weighted by Crippen LogP contribution is -2.31. The topological polar surface area (TPSA) is 79.3 Å². The molecule has 0 saturated heterocycles. The Balaban J connectivity index is 2.22. The molecule has 1 amide bonds. The molecule has 6 heteroatoms. The number of aliphatic imine (C=N–C) groups is 1. The number of carbonyl (C=O) groups excluding carboxylic acids is 1. The first-order valence-electron chi connectivity index (χ1n) is 9.58. The van der Waals surface area contributed by atoms with E-state index in [1.165, 1.54) is 0 Å². The van der Waals surface area contributed by atoms with Crippen molar-refractivity contribution in [2.75, 3.05) is 0 Å². The van der Waals surface area contributed by atoms with Gasteiger partial charge >= 0.3 is 0 Å². The minimum atomic E-state index is -0.118. The van der Waals surface area contributed by atoms with E-state index in [0.29, 0.717) is 24.4 Å². The van der Waals surface area contributed by atoms with Crippen LogP contribution < -0.4 is 10.6 Å². The number of allylic oxidation sites excluding steroid dienone is 1. The Bertz CT molecular complexity index is 771.